The van der Waals surface area contributed by atoms with Crippen LogP contribution in [0.25, 0.3) is 0 Å². The molecule has 0 radical (unpaired) electrons. The number of aromatic nitrogens is 1. The first-order chi connectivity index (χ1) is 12.7. The first-order valence-electron chi connectivity index (χ1n) is 8.59. The third-order valence-electron chi connectivity index (χ3n) is 2.72. The first kappa shape index (κ1) is 23.7. The van der Waals surface area contributed by atoms with Crippen LogP contribution in [0.5, 0.6) is 0 Å². The van der Waals surface area contributed by atoms with Crippen molar-refractivity contribution in [3.8, 4) is 0 Å². The normalized spacial score (nSPS) is 11.4. The van der Waals surface area contributed by atoms with E-state index in [-0.39, 0.29) is 28.3 Å². The molecule has 0 saturated heterocycles. The maximum absolute atomic E-state index is 12.5. The van der Waals surface area contributed by atoms with Crippen LogP contribution in [-0.4, -0.2) is 40.9 Å². The molecule has 156 valence electrons. The largest absolute Gasteiger partial charge is 0.462 e. The number of hydrogen-bond acceptors (Lipinski definition) is 7. The third kappa shape index (κ3) is 8.12. The molecule has 1 rings (SSSR count). The van der Waals surface area contributed by atoms with E-state index >= 15 is 0 Å². The summed E-state index contributed by atoms with van der Waals surface area (Å²) in [7, 11) is 0. The molecule has 2 amide bonds. The average Bonchev–Trinajstić information content (AvgIpc) is 2.42. The number of carbonyl (C=O) groups is 3. The van der Waals surface area contributed by atoms with Gasteiger partial charge in [-0.05, 0) is 70.5 Å². The number of carbonyl (C=O) groups excluding carboxylic acids is 3. The van der Waals surface area contributed by atoms with E-state index in [0.717, 1.165) is 0 Å². The van der Waals surface area contributed by atoms with Crippen molar-refractivity contribution in [3.05, 3.63) is 16.2 Å². The minimum absolute atomic E-state index is 0.0561. The fourth-order valence-corrected chi connectivity index (χ4v) is 2.33. The van der Waals surface area contributed by atoms with E-state index in [1.807, 2.05) is 0 Å². The van der Waals surface area contributed by atoms with E-state index in [9.17, 15) is 14.4 Å². The Labute approximate surface area is 172 Å². The Kier molecular flexibility index (Phi) is 7.80. The summed E-state index contributed by atoms with van der Waals surface area (Å²) in [6, 6.07) is 1.40. The van der Waals surface area contributed by atoms with Gasteiger partial charge in [-0.25, -0.2) is 19.4 Å². The fourth-order valence-electron chi connectivity index (χ4n) is 1.93. The van der Waals surface area contributed by atoms with E-state index in [2.05, 4.69) is 31.5 Å². The zero-order valence-corrected chi connectivity index (χ0v) is 18.6. The molecule has 0 saturated carbocycles. The SMILES string of the molecule is CCOC(=O)c1c(NC(=O)OC(C)(C)C)cc(Br)nc1NC(=O)OC(C)(C)C. The zero-order valence-electron chi connectivity index (χ0n) is 17.1. The van der Waals surface area contributed by atoms with Gasteiger partial charge in [-0.2, -0.15) is 0 Å². The van der Waals surface area contributed by atoms with Crippen molar-refractivity contribution in [1.29, 1.82) is 0 Å². The molecule has 2 N–H and O–H groups in total. The molecule has 0 unspecified atom stereocenters. The van der Waals surface area contributed by atoms with Gasteiger partial charge in [-0.3, -0.25) is 10.6 Å². The molecule has 1 heterocycles. The third-order valence-corrected chi connectivity index (χ3v) is 3.13. The van der Waals surface area contributed by atoms with Crippen molar-refractivity contribution in [2.75, 3.05) is 17.2 Å². The molecule has 28 heavy (non-hydrogen) atoms. The van der Waals surface area contributed by atoms with Gasteiger partial charge in [-0.1, -0.05) is 0 Å². The van der Waals surface area contributed by atoms with Crippen LogP contribution in [0.3, 0.4) is 0 Å². The number of ether oxygens (including phenoxy) is 3. The van der Waals surface area contributed by atoms with Gasteiger partial charge in [0.25, 0.3) is 0 Å². The molecule has 0 spiro atoms. The van der Waals surface area contributed by atoms with Crippen LogP contribution in [-0.2, 0) is 14.2 Å². The maximum Gasteiger partial charge on any atom is 0.413 e. The van der Waals surface area contributed by atoms with Crippen molar-refractivity contribution >= 4 is 45.6 Å². The Balaban J connectivity index is 3.31. The predicted molar refractivity (Wildman–Crippen MR) is 108 cm³/mol. The van der Waals surface area contributed by atoms with Crippen LogP contribution >= 0.6 is 15.9 Å². The van der Waals surface area contributed by atoms with Crippen molar-refractivity contribution in [3.63, 3.8) is 0 Å². The number of nitrogens with zero attached hydrogens (tertiary/aromatic N) is 1. The van der Waals surface area contributed by atoms with E-state index in [1.54, 1.807) is 48.5 Å². The molecule has 10 heteroatoms. The standard InChI is InChI=1S/C18H26BrN3O6/c1-8-26-14(23)12-10(20-15(24)27-17(2,3)4)9-11(19)21-13(12)22-16(25)28-18(5,6)7/h9H,8H2,1-7H3,(H2,20,21,22,24,25). The molecule has 0 aliphatic heterocycles. The van der Waals surface area contributed by atoms with Crippen molar-refractivity contribution in [2.24, 2.45) is 0 Å². The second-order valence-electron chi connectivity index (χ2n) is 7.69. The lowest BCUT2D eigenvalue weighted by Crippen LogP contribution is -2.29. The van der Waals surface area contributed by atoms with Crippen LogP contribution in [0.1, 0.15) is 58.8 Å². The van der Waals surface area contributed by atoms with Gasteiger partial charge in [-0.15, -0.1) is 0 Å². The molecule has 0 aromatic carbocycles. The highest BCUT2D eigenvalue weighted by molar-refractivity contribution is 9.10. The highest BCUT2D eigenvalue weighted by Gasteiger charge is 2.26. The number of nitrogens with one attached hydrogen (secondary N) is 2. The summed E-state index contributed by atoms with van der Waals surface area (Å²) in [6.07, 6.45) is -1.59. The summed E-state index contributed by atoms with van der Waals surface area (Å²) in [5.74, 6) is -0.909. The molecular formula is C18H26BrN3O6. The summed E-state index contributed by atoms with van der Waals surface area (Å²) < 4.78 is 15.7. The maximum atomic E-state index is 12.5. The Morgan fingerprint density at radius 3 is 1.96 bits per heavy atom. The van der Waals surface area contributed by atoms with Gasteiger partial charge >= 0.3 is 18.2 Å². The van der Waals surface area contributed by atoms with Crippen LogP contribution in [0.15, 0.2) is 10.7 Å². The lowest BCUT2D eigenvalue weighted by molar-refractivity contribution is 0.0528. The van der Waals surface area contributed by atoms with Gasteiger partial charge in [0.15, 0.2) is 5.82 Å². The molecule has 0 fully saturated rings. The van der Waals surface area contributed by atoms with E-state index in [0.29, 0.717) is 0 Å². The Morgan fingerprint density at radius 1 is 1.00 bits per heavy atom. The Morgan fingerprint density at radius 2 is 1.50 bits per heavy atom. The smallest absolute Gasteiger partial charge is 0.413 e. The number of anilines is 2. The summed E-state index contributed by atoms with van der Waals surface area (Å²) in [6.45, 7) is 11.9. The molecule has 1 aromatic rings. The topological polar surface area (TPSA) is 116 Å². The molecule has 0 bridgehead atoms. The fraction of sp³-hybridized carbons (Fsp3) is 0.556. The van der Waals surface area contributed by atoms with Crippen LogP contribution in [0.4, 0.5) is 21.1 Å². The minimum Gasteiger partial charge on any atom is -0.462 e. The summed E-state index contributed by atoms with van der Waals surface area (Å²) >= 11 is 3.19. The molecule has 0 aliphatic rings. The van der Waals surface area contributed by atoms with Crippen molar-refractivity contribution < 1.29 is 28.6 Å². The van der Waals surface area contributed by atoms with Crippen molar-refractivity contribution in [2.45, 2.75) is 59.7 Å². The second kappa shape index (κ2) is 9.22. The number of halogens is 1. The summed E-state index contributed by atoms with van der Waals surface area (Å²) in [4.78, 5) is 40.9. The Bertz CT molecular complexity index is 702. The number of hydrogen-bond donors (Lipinski definition) is 2. The van der Waals surface area contributed by atoms with Gasteiger partial charge < -0.3 is 14.2 Å². The Hall–Kier alpha value is -2.36. The molecular weight excluding hydrogens is 434 g/mol. The van der Waals surface area contributed by atoms with E-state index in [4.69, 9.17) is 14.2 Å². The molecule has 0 atom stereocenters. The molecule has 0 aliphatic carbocycles. The van der Waals surface area contributed by atoms with Gasteiger partial charge in [0, 0.05) is 0 Å². The first-order valence-corrected chi connectivity index (χ1v) is 9.39. The highest BCUT2D eigenvalue weighted by atomic mass is 79.9. The number of rotatable bonds is 4. The number of amides is 2. The number of esters is 1. The predicted octanol–water partition coefficient (Wildman–Crippen LogP) is 4.71. The van der Waals surface area contributed by atoms with Gasteiger partial charge in [0.05, 0.1) is 12.3 Å². The van der Waals surface area contributed by atoms with Crippen LogP contribution < -0.4 is 10.6 Å². The lowest BCUT2D eigenvalue weighted by atomic mass is 10.2. The molecule has 9 nitrogen and oxygen atoms in total. The quantitative estimate of drug-likeness (QED) is 0.380. The minimum atomic E-state index is -0.813. The number of pyridine rings is 1. The van der Waals surface area contributed by atoms with E-state index in [1.165, 1.54) is 6.07 Å². The summed E-state index contributed by atoms with van der Waals surface area (Å²) in [5.41, 5.74) is -1.57. The average molecular weight is 460 g/mol. The van der Waals surface area contributed by atoms with Gasteiger partial charge in [0.1, 0.15) is 21.4 Å². The zero-order chi connectivity index (χ0) is 21.7. The van der Waals surface area contributed by atoms with Gasteiger partial charge in [0.2, 0.25) is 0 Å². The molecule has 1 aromatic heterocycles. The van der Waals surface area contributed by atoms with Crippen molar-refractivity contribution in [1.82, 2.24) is 4.98 Å². The monoisotopic (exact) mass is 459 g/mol. The van der Waals surface area contributed by atoms with E-state index < -0.39 is 29.4 Å². The second-order valence-corrected chi connectivity index (χ2v) is 8.50. The van der Waals surface area contributed by atoms with Crippen LogP contribution in [0.2, 0.25) is 0 Å². The lowest BCUT2D eigenvalue weighted by Gasteiger charge is -2.22. The van der Waals surface area contributed by atoms with Crippen LogP contribution in [0, 0.1) is 0 Å². The summed E-state index contributed by atoms with van der Waals surface area (Å²) in [5, 5.41) is 4.90. The highest BCUT2D eigenvalue weighted by Crippen LogP contribution is 2.28.